The molecule has 0 fully saturated rings. The summed E-state index contributed by atoms with van der Waals surface area (Å²) < 4.78 is 23.0. The van der Waals surface area contributed by atoms with Gasteiger partial charge < -0.3 is 18.9 Å². The Morgan fingerprint density at radius 2 is 2.06 bits per heavy atom. The van der Waals surface area contributed by atoms with E-state index in [1.165, 1.54) is 0 Å². The molecule has 0 unspecified atom stereocenters. The van der Waals surface area contributed by atoms with E-state index >= 15 is 0 Å². The van der Waals surface area contributed by atoms with E-state index in [-0.39, 0.29) is 11.5 Å². The second kappa shape index (κ2) is 8.60. The quantitative estimate of drug-likeness (QED) is 0.541. The minimum atomic E-state index is -0.153. The van der Waals surface area contributed by atoms with Crippen molar-refractivity contribution >= 4 is 11.9 Å². The number of aromatic nitrogens is 1. The van der Waals surface area contributed by atoms with Gasteiger partial charge in [-0.15, -0.1) is 0 Å². The summed E-state index contributed by atoms with van der Waals surface area (Å²) in [6.45, 7) is 3.65. The zero-order valence-electron chi connectivity index (χ0n) is 18.8. The van der Waals surface area contributed by atoms with Crippen LogP contribution in [0, 0.1) is 6.92 Å². The molecule has 3 heterocycles. The van der Waals surface area contributed by atoms with Gasteiger partial charge in [0, 0.05) is 31.0 Å². The zero-order chi connectivity index (χ0) is 22.9. The lowest BCUT2D eigenvalue weighted by molar-refractivity contribution is 0.0871. The number of hydrogen-bond acceptors (Lipinski definition) is 7. The first-order valence-corrected chi connectivity index (χ1v) is 10.6. The van der Waals surface area contributed by atoms with Crippen molar-refractivity contribution in [2.24, 2.45) is 0 Å². The number of ether oxygens (including phenoxy) is 4. The van der Waals surface area contributed by atoms with Gasteiger partial charge in [0.15, 0.2) is 5.76 Å². The Hall–Kier alpha value is -3.84. The predicted octanol–water partition coefficient (Wildman–Crippen LogP) is 4.38. The minimum Gasteiger partial charge on any atom is -0.497 e. The number of carbonyl (C=O) groups is 1. The molecule has 0 radical (unpaired) electrons. The second-order valence-electron chi connectivity index (χ2n) is 8.04. The van der Waals surface area contributed by atoms with Crippen LogP contribution >= 0.6 is 0 Å². The Labute approximate surface area is 192 Å². The van der Waals surface area contributed by atoms with E-state index in [1.54, 1.807) is 32.6 Å². The number of carbonyl (C=O) groups excluding carboxylic acids is 1. The van der Waals surface area contributed by atoms with Crippen LogP contribution in [-0.2, 0) is 13.1 Å². The zero-order valence-corrected chi connectivity index (χ0v) is 18.8. The fourth-order valence-electron chi connectivity index (χ4n) is 4.22. The number of hydrogen-bond donors (Lipinski definition) is 0. The van der Waals surface area contributed by atoms with Crippen LogP contribution in [-0.4, -0.2) is 36.6 Å². The molecule has 0 aliphatic carbocycles. The van der Waals surface area contributed by atoms with Crippen molar-refractivity contribution in [1.82, 2.24) is 9.88 Å². The lowest BCUT2D eigenvalue weighted by Crippen LogP contribution is -2.31. The van der Waals surface area contributed by atoms with Crippen molar-refractivity contribution in [2.45, 2.75) is 20.0 Å². The van der Waals surface area contributed by atoms with Gasteiger partial charge in [0.1, 0.15) is 29.7 Å². The van der Waals surface area contributed by atoms with Crippen molar-refractivity contribution in [3.63, 3.8) is 0 Å². The number of nitrogens with zero attached hydrogens (tertiary/aromatic N) is 2. The fourth-order valence-corrected chi connectivity index (χ4v) is 4.22. The van der Waals surface area contributed by atoms with Crippen LogP contribution in [0.15, 0.2) is 54.6 Å². The molecule has 5 rings (SSSR count). The summed E-state index contributed by atoms with van der Waals surface area (Å²) in [5, 5.41) is 0. The van der Waals surface area contributed by atoms with E-state index in [9.17, 15) is 4.79 Å². The molecule has 1 aromatic heterocycles. The van der Waals surface area contributed by atoms with Crippen molar-refractivity contribution < 1.29 is 23.7 Å². The van der Waals surface area contributed by atoms with Gasteiger partial charge in [0.05, 0.1) is 25.3 Å². The van der Waals surface area contributed by atoms with E-state index in [0.717, 1.165) is 22.4 Å². The highest BCUT2D eigenvalue weighted by Gasteiger charge is 2.35. The molecule has 0 atom stereocenters. The van der Waals surface area contributed by atoms with Gasteiger partial charge in [0.2, 0.25) is 5.78 Å². The van der Waals surface area contributed by atoms with Gasteiger partial charge in [0.25, 0.3) is 0 Å². The Morgan fingerprint density at radius 3 is 2.82 bits per heavy atom. The molecule has 2 aliphatic heterocycles. The molecular formula is C26H24N2O5. The SMILES string of the molecule is COc1ccc(OC)c(/C=C2\Oc3c4c(cc(C)c3C2=O)OCN(Cc2cccnc2)C4)c1. The number of allylic oxidation sites excluding steroid dienone is 1. The maximum absolute atomic E-state index is 13.3. The van der Waals surface area contributed by atoms with Crippen molar-refractivity contribution in [1.29, 1.82) is 0 Å². The number of ketones is 1. The van der Waals surface area contributed by atoms with Gasteiger partial charge in [-0.2, -0.15) is 0 Å². The highest BCUT2D eigenvalue weighted by atomic mass is 16.5. The van der Waals surface area contributed by atoms with Crippen molar-refractivity contribution in [3.05, 3.63) is 82.4 Å². The monoisotopic (exact) mass is 444 g/mol. The summed E-state index contributed by atoms with van der Waals surface area (Å²) in [6, 6.07) is 11.3. The summed E-state index contributed by atoms with van der Waals surface area (Å²) in [7, 11) is 3.18. The summed E-state index contributed by atoms with van der Waals surface area (Å²) in [5.41, 5.74) is 4.08. The van der Waals surface area contributed by atoms with Crippen LogP contribution in [0.3, 0.4) is 0 Å². The lowest BCUT2D eigenvalue weighted by atomic mass is 9.98. The Morgan fingerprint density at radius 1 is 1.18 bits per heavy atom. The number of fused-ring (bicyclic) bond motifs is 3. The number of rotatable bonds is 5. The van der Waals surface area contributed by atoms with Crippen LogP contribution < -0.4 is 18.9 Å². The molecule has 0 saturated carbocycles. The van der Waals surface area contributed by atoms with Crippen LogP contribution in [0.25, 0.3) is 6.08 Å². The van der Waals surface area contributed by atoms with Crippen LogP contribution in [0.5, 0.6) is 23.0 Å². The molecule has 2 aromatic carbocycles. The molecule has 3 aromatic rings. The summed E-state index contributed by atoms with van der Waals surface area (Å²) in [4.78, 5) is 19.6. The fraction of sp³-hybridized carbons (Fsp3) is 0.231. The van der Waals surface area contributed by atoms with Gasteiger partial charge in [-0.05, 0) is 54.5 Å². The molecule has 0 bridgehead atoms. The summed E-state index contributed by atoms with van der Waals surface area (Å²) in [6.07, 6.45) is 5.30. The molecule has 7 heteroatoms. The topological polar surface area (TPSA) is 70.1 Å². The molecule has 0 amide bonds. The number of benzene rings is 2. The van der Waals surface area contributed by atoms with Crippen molar-refractivity contribution in [3.8, 4) is 23.0 Å². The smallest absolute Gasteiger partial charge is 0.232 e. The molecule has 0 spiro atoms. The van der Waals surface area contributed by atoms with E-state index in [1.807, 2.05) is 43.5 Å². The second-order valence-corrected chi connectivity index (χ2v) is 8.04. The van der Waals surface area contributed by atoms with Crippen LogP contribution in [0.2, 0.25) is 0 Å². The highest BCUT2D eigenvalue weighted by Crippen LogP contribution is 2.44. The largest absolute Gasteiger partial charge is 0.497 e. The number of aryl methyl sites for hydroxylation is 1. The maximum atomic E-state index is 13.3. The van der Waals surface area contributed by atoms with E-state index in [4.69, 9.17) is 18.9 Å². The molecule has 7 nitrogen and oxygen atoms in total. The average Bonchev–Trinajstić information content (AvgIpc) is 3.17. The number of Topliss-reactive ketones (excluding diaryl/α,β-unsaturated/α-hetero) is 1. The Bertz CT molecular complexity index is 1250. The van der Waals surface area contributed by atoms with E-state index in [0.29, 0.717) is 48.2 Å². The van der Waals surface area contributed by atoms with E-state index < -0.39 is 0 Å². The third kappa shape index (κ3) is 3.91. The third-order valence-electron chi connectivity index (χ3n) is 5.84. The Kier molecular flexibility index (Phi) is 5.48. The van der Waals surface area contributed by atoms with Gasteiger partial charge >= 0.3 is 0 Å². The minimum absolute atomic E-state index is 0.153. The Balaban J connectivity index is 1.49. The molecule has 0 N–H and O–H groups in total. The first-order valence-electron chi connectivity index (χ1n) is 10.6. The maximum Gasteiger partial charge on any atom is 0.232 e. The van der Waals surface area contributed by atoms with Gasteiger partial charge in [-0.3, -0.25) is 14.7 Å². The highest BCUT2D eigenvalue weighted by molar-refractivity contribution is 6.16. The normalized spacial score (nSPS) is 16.1. The average molecular weight is 444 g/mol. The third-order valence-corrected chi connectivity index (χ3v) is 5.84. The van der Waals surface area contributed by atoms with E-state index in [2.05, 4.69) is 9.88 Å². The van der Waals surface area contributed by atoms with Crippen molar-refractivity contribution in [2.75, 3.05) is 21.0 Å². The molecule has 2 aliphatic rings. The summed E-state index contributed by atoms with van der Waals surface area (Å²) in [5.74, 6) is 2.71. The number of methoxy groups -OCH3 is 2. The molecular weight excluding hydrogens is 420 g/mol. The predicted molar refractivity (Wildman–Crippen MR) is 123 cm³/mol. The molecule has 168 valence electrons. The van der Waals surface area contributed by atoms with Gasteiger partial charge in [-0.1, -0.05) is 6.07 Å². The van der Waals surface area contributed by atoms with Crippen LogP contribution in [0.1, 0.15) is 32.6 Å². The number of pyridine rings is 1. The first-order chi connectivity index (χ1) is 16.1. The standard InChI is InChI=1S/C26H24N2O5/c1-16-9-22-20(14-28(15-32-22)13-17-5-4-8-27-12-17)26-24(16)25(29)23(33-26)11-18-10-19(30-2)6-7-21(18)31-3/h4-12H,13-15H2,1-3H3/b23-11-. The summed E-state index contributed by atoms with van der Waals surface area (Å²) >= 11 is 0. The lowest BCUT2D eigenvalue weighted by Gasteiger charge is -2.30. The molecule has 33 heavy (non-hydrogen) atoms. The van der Waals surface area contributed by atoms with Gasteiger partial charge in [-0.25, -0.2) is 0 Å². The first kappa shape index (κ1) is 21.0. The van der Waals surface area contributed by atoms with Crippen LogP contribution in [0.4, 0.5) is 0 Å². The molecule has 0 saturated heterocycles.